The number of fused-ring (bicyclic) bond motifs is 1. The van der Waals surface area contributed by atoms with Gasteiger partial charge in [-0.05, 0) is 26.3 Å². The first-order chi connectivity index (χ1) is 7.38. The molecule has 0 aromatic heterocycles. The largest absolute Gasteiger partial charge is 0.453 e. The van der Waals surface area contributed by atoms with E-state index in [-0.39, 0.29) is 18.4 Å². The van der Waals surface area contributed by atoms with Crippen LogP contribution in [0.5, 0.6) is 11.5 Å². The van der Waals surface area contributed by atoms with Crippen LogP contribution in [0.3, 0.4) is 0 Å². The maximum atomic E-state index is 14.1. The fourth-order valence-electron chi connectivity index (χ4n) is 1.63. The molecule has 0 saturated heterocycles. The molecule has 0 saturated carbocycles. The SMILES string of the molecule is CC(C)(N)Cc1c(Br)cc2c(c1F)OCO2. The number of rotatable bonds is 2. The van der Waals surface area contributed by atoms with Crippen LogP contribution in [0.1, 0.15) is 19.4 Å². The zero-order chi connectivity index (χ0) is 11.9. The van der Waals surface area contributed by atoms with Crippen LogP contribution >= 0.6 is 15.9 Å². The molecule has 2 N–H and O–H groups in total. The van der Waals surface area contributed by atoms with Crippen molar-refractivity contribution in [3.63, 3.8) is 0 Å². The van der Waals surface area contributed by atoms with Crippen molar-refractivity contribution in [1.82, 2.24) is 0 Å². The van der Waals surface area contributed by atoms with E-state index in [4.69, 9.17) is 15.2 Å². The Labute approximate surface area is 102 Å². The van der Waals surface area contributed by atoms with Crippen LogP contribution in [0.2, 0.25) is 0 Å². The highest BCUT2D eigenvalue weighted by molar-refractivity contribution is 9.10. The molecule has 1 heterocycles. The van der Waals surface area contributed by atoms with Crippen LogP contribution in [0.25, 0.3) is 0 Å². The van der Waals surface area contributed by atoms with Gasteiger partial charge in [0.05, 0.1) is 0 Å². The number of ether oxygens (including phenoxy) is 2. The molecule has 5 heteroatoms. The molecule has 0 spiro atoms. The molecule has 0 aliphatic carbocycles. The predicted molar refractivity (Wildman–Crippen MR) is 62.2 cm³/mol. The second kappa shape index (κ2) is 3.89. The maximum Gasteiger partial charge on any atom is 0.231 e. The fourth-order valence-corrected chi connectivity index (χ4v) is 2.15. The Bertz CT molecular complexity index is 429. The standard InChI is InChI=1S/C11H13BrFNO2/c1-11(2,14)4-6-7(12)3-8-10(9(6)13)16-5-15-8/h3H,4-5,14H2,1-2H3. The van der Waals surface area contributed by atoms with E-state index in [9.17, 15) is 4.39 Å². The van der Waals surface area contributed by atoms with E-state index in [1.807, 2.05) is 13.8 Å². The van der Waals surface area contributed by atoms with Gasteiger partial charge in [-0.2, -0.15) is 0 Å². The van der Waals surface area contributed by atoms with Crippen molar-refractivity contribution < 1.29 is 13.9 Å². The second-order valence-corrected chi connectivity index (χ2v) is 5.40. The molecule has 0 bridgehead atoms. The second-order valence-electron chi connectivity index (χ2n) is 4.55. The fraction of sp³-hybridized carbons (Fsp3) is 0.455. The van der Waals surface area contributed by atoms with E-state index in [0.717, 1.165) is 0 Å². The quantitative estimate of drug-likeness (QED) is 0.910. The van der Waals surface area contributed by atoms with Gasteiger partial charge in [0, 0.05) is 15.6 Å². The molecule has 0 amide bonds. The van der Waals surface area contributed by atoms with Gasteiger partial charge in [0.2, 0.25) is 12.5 Å². The van der Waals surface area contributed by atoms with E-state index >= 15 is 0 Å². The molecule has 3 nitrogen and oxygen atoms in total. The summed E-state index contributed by atoms with van der Waals surface area (Å²) < 4.78 is 24.9. The van der Waals surface area contributed by atoms with Crippen LogP contribution in [-0.2, 0) is 6.42 Å². The minimum Gasteiger partial charge on any atom is -0.453 e. The third-order valence-corrected chi connectivity index (χ3v) is 2.99. The molecule has 0 fully saturated rings. The normalized spacial score (nSPS) is 14.3. The topological polar surface area (TPSA) is 44.5 Å². The summed E-state index contributed by atoms with van der Waals surface area (Å²) in [6.45, 7) is 3.76. The average molecular weight is 290 g/mol. The zero-order valence-electron chi connectivity index (χ0n) is 9.14. The van der Waals surface area contributed by atoms with Crippen molar-refractivity contribution in [3.05, 3.63) is 21.9 Å². The molecule has 0 unspecified atom stereocenters. The Morgan fingerprint density at radius 1 is 1.50 bits per heavy atom. The summed E-state index contributed by atoms with van der Waals surface area (Å²) >= 11 is 3.32. The lowest BCUT2D eigenvalue weighted by molar-refractivity contribution is 0.170. The highest BCUT2D eigenvalue weighted by Gasteiger charge is 2.26. The number of benzene rings is 1. The van der Waals surface area contributed by atoms with Crippen molar-refractivity contribution >= 4 is 15.9 Å². The number of hydrogen-bond acceptors (Lipinski definition) is 3. The van der Waals surface area contributed by atoms with Crippen LogP contribution in [0.4, 0.5) is 4.39 Å². The lowest BCUT2D eigenvalue weighted by Crippen LogP contribution is -2.34. The molecule has 1 aromatic carbocycles. The molecular weight excluding hydrogens is 277 g/mol. The number of halogens is 2. The maximum absolute atomic E-state index is 14.1. The summed E-state index contributed by atoms with van der Waals surface area (Å²) in [5.74, 6) is 0.228. The van der Waals surface area contributed by atoms with Crippen molar-refractivity contribution in [2.45, 2.75) is 25.8 Å². The van der Waals surface area contributed by atoms with Crippen molar-refractivity contribution in [3.8, 4) is 11.5 Å². The average Bonchev–Trinajstić information content (AvgIpc) is 2.58. The summed E-state index contributed by atoms with van der Waals surface area (Å²) in [7, 11) is 0. The number of nitrogens with two attached hydrogens (primary N) is 1. The highest BCUT2D eigenvalue weighted by Crippen LogP contribution is 2.41. The van der Waals surface area contributed by atoms with Gasteiger partial charge in [0.15, 0.2) is 11.6 Å². The third kappa shape index (κ3) is 2.15. The van der Waals surface area contributed by atoms with E-state index in [1.165, 1.54) is 0 Å². The summed E-state index contributed by atoms with van der Waals surface area (Å²) in [6.07, 6.45) is 0.427. The zero-order valence-corrected chi connectivity index (χ0v) is 10.7. The summed E-state index contributed by atoms with van der Waals surface area (Å²) in [6, 6.07) is 1.71. The summed E-state index contributed by atoms with van der Waals surface area (Å²) in [5, 5.41) is 0. The molecular formula is C11H13BrFNO2. The minimum atomic E-state index is -0.475. The van der Waals surface area contributed by atoms with E-state index in [0.29, 0.717) is 22.2 Å². The van der Waals surface area contributed by atoms with E-state index in [2.05, 4.69) is 15.9 Å². The van der Waals surface area contributed by atoms with Gasteiger partial charge in [-0.1, -0.05) is 15.9 Å². The van der Waals surface area contributed by atoms with Gasteiger partial charge in [0.25, 0.3) is 0 Å². The smallest absolute Gasteiger partial charge is 0.231 e. The van der Waals surface area contributed by atoms with Crippen LogP contribution in [0, 0.1) is 5.82 Å². The highest BCUT2D eigenvalue weighted by atomic mass is 79.9. The Hall–Kier alpha value is -0.810. The van der Waals surface area contributed by atoms with Gasteiger partial charge < -0.3 is 15.2 Å². The van der Waals surface area contributed by atoms with Crippen LogP contribution in [0.15, 0.2) is 10.5 Å². The van der Waals surface area contributed by atoms with Crippen LogP contribution in [-0.4, -0.2) is 12.3 Å². The van der Waals surface area contributed by atoms with Gasteiger partial charge in [-0.3, -0.25) is 0 Å². The Kier molecular flexibility index (Phi) is 2.84. The molecule has 0 radical (unpaired) electrons. The minimum absolute atomic E-state index is 0.0637. The lowest BCUT2D eigenvalue weighted by Gasteiger charge is -2.20. The first-order valence-electron chi connectivity index (χ1n) is 4.94. The Morgan fingerprint density at radius 3 is 2.81 bits per heavy atom. The number of hydrogen-bond donors (Lipinski definition) is 1. The molecule has 16 heavy (non-hydrogen) atoms. The van der Waals surface area contributed by atoms with E-state index in [1.54, 1.807) is 6.07 Å². The molecule has 88 valence electrons. The van der Waals surface area contributed by atoms with E-state index < -0.39 is 5.54 Å². The first kappa shape index (κ1) is 11.7. The summed E-state index contributed by atoms with van der Waals surface area (Å²) in [4.78, 5) is 0. The molecule has 1 aromatic rings. The summed E-state index contributed by atoms with van der Waals surface area (Å²) in [5.41, 5.74) is 5.94. The van der Waals surface area contributed by atoms with Gasteiger partial charge in [-0.25, -0.2) is 4.39 Å². The van der Waals surface area contributed by atoms with Crippen LogP contribution < -0.4 is 15.2 Å². The lowest BCUT2D eigenvalue weighted by atomic mass is 9.95. The predicted octanol–water partition coefficient (Wildman–Crippen LogP) is 2.60. The third-order valence-electron chi connectivity index (χ3n) is 2.28. The molecule has 1 aliphatic heterocycles. The molecule has 0 atom stereocenters. The molecule has 2 rings (SSSR count). The Balaban J connectivity index is 2.46. The van der Waals surface area contributed by atoms with Crippen molar-refractivity contribution in [1.29, 1.82) is 0 Å². The first-order valence-corrected chi connectivity index (χ1v) is 5.73. The van der Waals surface area contributed by atoms with Crippen molar-refractivity contribution in [2.24, 2.45) is 5.73 Å². The monoisotopic (exact) mass is 289 g/mol. The van der Waals surface area contributed by atoms with Gasteiger partial charge in [0.1, 0.15) is 0 Å². The molecule has 1 aliphatic rings. The van der Waals surface area contributed by atoms with Gasteiger partial charge >= 0.3 is 0 Å². The van der Waals surface area contributed by atoms with Crippen molar-refractivity contribution in [2.75, 3.05) is 6.79 Å². The Morgan fingerprint density at radius 2 is 2.19 bits per heavy atom. The van der Waals surface area contributed by atoms with Gasteiger partial charge in [-0.15, -0.1) is 0 Å².